The van der Waals surface area contributed by atoms with E-state index in [-0.39, 0.29) is 11.2 Å². The third-order valence-electron chi connectivity index (χ3n) is 3.77. The van der Waals surface area contributed by atoms with Gasteiger partial charge in [0.15, 0.2) is 11.0 Å². The minimum atomic E-state index is -0.0589. The number of rotatable bonds is 2. The van der Waals surface area contributed by atoms with Crippen LogP contribution in [0.1, 0.15) is 22.0 Å². The predicted molar refractivity (Wildman–Crippen MR) is 95.8 cm³/mol. The number of carbonyl (C=O) groups is 1. The lowest BCUT2D eigenvalue weighted by Gasteiger charge is -2.20. The number of nitrogens with zero attached hydrogens (tertiary/aromatic N) is 3. The van der Waals surface area contributed by atoms with Crippen LogP contribution < -0.4 is 0 Å². The molecular formula is C17H11Cl2N3OS. The number of hydrogen-bond acceptors (Lipinski definition) is 4. The van der Waals surface area contributed by atoms with Crippen LogP contribution in [0.15, 0.2) is 53.7 Å². The summed E-state index contributed by atoms with van der Waals surface area (Å²) in [4.78, 5) is 16.9. The molecule has 7 heteroatoms. The zero-order chi connectivity index (χ0) is 16.7. The summed E-state index contributed by atoms with van der Waals surface area (Å²) in [6.45, 7) is 0. The van der Waals surface area contributed by atoms with E-state index in [1.54, 1.807) is 30.0 Å². The summed E-state index contributed by atoms with van der Waals surface area (Å²) in [5, 5.41) is 5.89. The molecule has 0 N–H and O–H groups in total. The van der Waals surface area contributed by atoms with E-state index in [1.165, 1.54) is 4.68 Å². The Morgan fingerprint density at radius 3 is 2.62 bits per heavy atom. The number of hydrogen-bond donors (Lipinski definition) is 0. The molecule has 0 saturated heterocycles. The molecule has 1 aliphatic heterocycles. The Morgan fingerprint density at radius 2 is 1.88 bits per heavy atom. The van der Waals surface area contributed by atoms with Crippen molar-refractivity contribution in [3.8, 4) is 11.4 Å². The first-order chi connectivity index (χ1) is 11.6. The Hall–Kier alpha value is -1.82. The highest BCUT2D eigenvalue weighted by molar-refractivity contribution is 7.99. The second-order valence-electron chi connectivity index (χ2n) is 5.37. The van der Waals surface area contributed by atoms with Gasteiger partial charge in [-0.25, -0.2) is 4.98 Å². The largest absolute Gasteiger partial charge is 0.272 e. The molecule has 0 bridgehead atoms. The van der Waals surface area contributed by atoms with E-state index in [9.17, 15) is 4.79 Å². The van der Waals surface area contributed by atoms with Gasteiger partial charge < -0.3 is 0 Å². The third-order valence-corrected chi connectivity index (χ3v) is 5.71. The number of thioether (sulfide) groups is 1. The zero-order valence-electron chi connectivity index (χ0n) is 12.3. The molecule has 4 nitrogen and oxygen atoms in total. The van der Waals surface area contributed by atoms with Crippen LogP contribution in [0, 0.1) is 0 Å². The Morgan fingerprint density at radius 1 is 1.08 bits per heavy atom. The lowest BCUT2D eigenvalue weighted by Crippen LogP contribution is -2.20. The van der Waals surface area contributed by atoms with E-state index in [0.717, 1.165) is 11.1 Å². The highest BCUT2D eigenvalue weighted by atomic mass is 35.5. The summed E-state index contributed by atoms with van der Waals surface area (Å²) < 4.78 is 1.38. The fraction of sp³-hybridized carbons (Fsp3) is 0.118. The standard InChI is InChI=1S/C17H11Cl2N3OS/c18-12-7-6-11(8-13(12)19)16-20-17-22(21-16)15(23)9-14(24-17)10-4-2-1-3-5-10/h1-8,14H,9H2/t14-/m1/s1. The second-order valence-corrected chi connectivity index (χ2v) is 7.36. The van der Waals surface area contributed by atoms with Crippen molar-refractivity contribution in [2.24, 2.45) is 0 Å². The van der Waals surface area contributed by atoms with E-state index >= 15 is 0 Å². The minimum absolute atomic E-state index is 0.0528. The van der Waals surface area contributed by atoms with Crippen molar-refractivity contribution < 1.29 is 4.79 Å². The van der Waals surface area contributed by atoms with Crippen molar-refractivity contribution >= 4 is 40.9 Å². The molecule has 0 fully saturated rings. The minimum Gasteiger partial charge on any atom is -0.272 e. The van der Waals surface area contributed by atoms with Crippen molar-refractivity contribution in [3.05, 3.63) is 64.1 Å². The van der Waals surface area contributed by atoms with E-state index < -0.39 is 0 Å². The summed E-state index contributed by atoms with van der Waals surface area (Å²) in [7, 11) is 0. The van der Waals surface area contributed by atoms with Crippen molar-refractivity contribution in [2.45, 2.75) is 16.8 Å². The maximum absolute atomic E-state index is 12.4. The van der Waals surface area contributed by atoms with E-state index in [0.29, 0.717) is 27.4 Å². The molecule has 3 aromatic rings. The molecule has 4 rings (SSSR count). The first-order valence-corrected chi connectivity index (χ1v) is 8.92. The fourth-order valence-corrected chi connectivity index (χ4v) is 4.01. The molecule has 24 heavy (non-hydrogen) atoms. The van der Waals surface area contributed by atoms with Gasteiger partial charge in [-0.2, -0.15) is 4.68 Å². The molecule has 0 aliphatic carbocycles. The summed E-state index contributed by atoms with van der Waals surface area (Å²) in [6, 6.07) is 15.1. The van der Waals surface area contributed by atoms with Gasteiger partial charge in [0.05, 0.1) is 10.0 Å². The first kappa shape index (κ1) is 15.7. The molecule has 0 unspecified atom stereocenters. The van der Waals surface area contributed by atoms with Crippen LogP contribution >= 0.6 is 35.0 Å². The predicted octanol–water partition coefficient (Wildman–Crippen LogP) is 5.13. The van der Waals surface area contributed by atoms with Crippen molar-refractivity contribution in [2.75, 3.05) is 0 Å². The van der Waals surface area contributed by atoms with Crippen LogP contribution in [-0.2, 0) is 0 Å². The second kappa shape index (κ2) is 6.24. The van der Waals surface area contributed by atoms with Gasteiger partial charge in [-0.1, -0.05) is 65.3 Å². The molecule has 1 aromatic heterocycles. The molecular weight excluding hydrogens is 365 g/mol. The van der Waals surface area contributed by atoms with Gasteiger partial charge in [0.2, 0.25) is 0 Å². The van der Waals surface area contributed by atoms with Gasteiger partial charge in [-0.15, -0.1) is 5.10 Å². The van der Waals surface area contributed by atoms with Gasteiger partial charge in [-0.3, -0.25) is 4.79 Å². The molecule has 0 saturated carbocycles. The molecule has 0 spiro atoms. The molecule has 1 aliphatic rings. The highest BCUT2D eigenvalue weighted by Crippen LogP contribution is 2.41. The van der Waals surface area contributed by atoms with E-state index in [2.05, 4.69) is 10.1 Å². The lowest BCUT2D eigenvalue weighted by molar-refractivity contribution is 0.0868. The molecule has 0 radical (unpaired) electrons. The number of benzene rings is 2. The summed E-state index contributed by atoms with van der Waals surface area (Å²) in [5.41, 5.74) is 1.84. The Labute approximate surface area is 152 Å². The smallest absolute Gasteiger partial charge is 0.250 e. The van der Waals surface area contributed by atoms with Crippen LogP contribution in [0.2, 0.25) is 10.0 Å². The Balaban J connectivity index is 1.70. The number of carbonyl (C=O) groups excluding carboxylic acids is 1. The van der Waals surface area contributed by atoms with Crippen molar-refractivity contribution in [1.29, 1.82) is 0 Å². The fourth-order valence-electron chi connectivity index (χ4n) is 2.56. The van der Waals surface area contributed by atoms with E-state index in [1.807, 2.05) is 30.3 Å². The zero-order valence-corrected chi connectivity index (χ0v) is 14.6. The maximum Gasteiger partial charge on any atom is 0.250 e. The third kappa shape index (κ3) is 2.83. The normalized spacial score (nSPS) is 16.9. The molecule has 2 heterocycles. The topological polar surface area (TPSA) is 47.8 Å². The number of aromatic nitrogens is 3. The highest BCUT2D eigenvalue weighted by Gasteiger charge is 2.30. The van der Waals surface area contributed by atoms with E-state index in [4.69, 9.17) is 23.2 Å². The SMILES string of the molecule is O=C1C[C@H](c2ccccc2)Sc2nc(-c3ccc(Cl)c(Cl)c3)nn21. The van der Waals surface area contributed by atoms with Gasteiger partial charge in [0.1, 0.15) is 0 Å². The Bertz CT molecular complexity index is 927. The quantitative estimate of drug-likeness (QED) is 0.622. The van der Waals surface area contributed by atoms with Crippen LogP contribution in [0.3, 0.4) is 0 Å². The average molecular weight is 376 g/mol. The van der Waals surface area contributed by atoms with Crippen molar-refractivity contribution in [1.82, 2.24) is 14.8 Å². The van der Waals surface area contributed by atoms with Crippen molar-refractivity contribution in [3.63, 3.8) is 0 Å². The van der Waals surface area contributed by atoms with Crippen LogP contribution in [-0.4, -0.2) is 20.7 Å². The molecule has 2 aromatic carbocycles. The van der Waals surface area contributed by atoms with Crippen LogP contribution in [0.5, 0.6) is 0 Å². The molecule has 1 atom stereocenters. The summed E-state index contributed by atoms with van der Waals surface area (Å²) in [6.07, 6.45) is 0.395. The number of fused-ring (bicyclic) bond motifs is 1. The molecule has 120 valence electrons. The number of halogens is 2. The monoisotopic (exact) mass is 375 g/mol. The van der Waals surface area contributed by atoms with Crippen LogP contribution in [0.25, 0.3) is 11.4 Å². The van der Waals surface area contributed by atoms with Gasteiger partial charge in [-0.05, 0) is 23.8 Å². The first-order valence-electron chi connectivity index (χ1n) is 7.29. The molecule has 0 amide bonds. The van der Waals surface area contributed by atoms with Crippen LogP contribution in [0.4, 0.5) is 0 Å². The Kier molecular flexibility index (Phi) is 4.08. The lowest BCUT2D eigenvalue weighted by atomic mass is 10.1. The van der Waals surface area contributed by atoms with Gasteiger partial charge in [0.25, 0.3) is 5.91 Å². The van der Waals surface area contributed by atoms with Gasteiger partial charge >= 0.3 is 0 Å². The van der Waals surface area contributed by atoms with Gasteiger partial charge in [0, 0.05) is 17.2 Å². The average Bonchev–Trinajstić information content (AvgIpc) is 3.03. The summed E-state index contributed by atoms with van der Waals surface area (Å²) in [5.74, 6) is 0.412. The summed E-state index contributed by atoms with van der Waals surface area (Å²) >= 11 is 13.5. The maximum atomic E-state index is 12.4.